The van der Waals surface area contributed by atoms with Crippen molar-refractivity contribution in [3.63, 3.8) is 0 Å². The first kappa shape index (κ1) is 22.9. The fourth-order valence-corrected chi connectivity index (χ4v) is 5.38. The van der Waals surface area contributed by atoms with Crippen molar-refractivity contribution in [2.45, 2.75) is 64.5 Å². The van der Waals surface area contributed by atoms with E-state index in [1.54, 1.807) is 0 Å². The molecule has 2 aliphatic rings. The van der Waals surface area contributed by atoms with Crippen LogP contribution in [0.3, 0.4) is 0 Å². The second-order valence-electron chi connectivity index (χ2n) is 9.13. The zero-order valence-electron chi connectivity index (χ0n) is 19.0. The Morgan fingerprint density at radius 2 is 1.81 bits per heavy atom. The topological polar surface area (TPSA) is 74.4 Å². The molecule has 2 N–H and O–H groups in total. The summed E-state index contributed by atoms with van der Waals surface area (Å²) >= 11 is 3.53. The van der Waals surface area contributed by atoms with Gasteiger partial charge in [0.25, 0.3) is 0 Å². The highest BCUT2D eigenvalue weighted by Gasteiger charge is 2.38. The molecule has 2 heterocycles. The summed E-state index contributed by atoms with van der Waals surface area (Å²) in [4.78, 5) is 31.1. The Hall–Kier alpha value is -2.28. The van der Waals surface area contributed by atoms with Gasteiger partial charge < -0.3 is 19.9 Å². The largest absolute Gasteiger partial charge is 0.453 e. The van der Waals surface area contributed by atoms with Crippen LogP contribution in [-0.4, -0.2) is 41.6 Å². The number of hydrogen-bond acceptors (Lipinski definition) is 3. The highest BCUT2D eigenvalue weighted by Crippen LogP contribution is 2.41. The highest BCUT2D eigenvalue weighted by atomic mass is 79.9. The van der Waals surface area contributed by atoms with Crippen LogP contribution in [0.2, 0.25) is 0 Å². The van der Waals surface area contributed by atoms with E-state index in [4.69, 9.17) is 4.74 Å². The second-order valence-corrected chi connectivity index (χ2v) is 10.0. The number of H-pyrrole nitrogens is 1. The predicted octanol–water partition coefficient (Wildman–Crippen LogP) is 5.37. The molecule has 1 aliphatic carbocycles. The molecule has 2 atom stereocenters. The van der Waals surface area contributed by atoms with Crippen LogP contribution in [0, 0.1) is 5.92 Å². The van der Waals surface area contributed by atoms with Crippen molar-refractivity contribution in [1.82, 2.24) is 15.2 Å². The maximum absolute atomic E-state index is 13.5. The van der Waals surface area contributed by atoms with Gasteiger partial charge in [-0.05, 0) is 73.3 Å². The first-order chi connectivity index (χ1) is 15.4. The molecule has 1 aromatic carbocycles. The minimum absolute atomic E-state index is 0.0132. The number of ether oxygens (including phenoxy) is 1. The molecule has 0 saturated carbocycles. The molecule has 1 saturated heterocycles. The van der Waals surface area contributed by atoms with Crippen molar-refractivity contribution in [2.24, 2.45) is 5.92 Å². The van der Waals surface area contributed by atoms with Crippen molar-refractivity contribution in [2.75, 3.05) is 13.7 Å². The van der Waals surface area contributed by atoms with E-state index in [0.29, 0.717) is 6.54 Å². The van der Waals surface area contributed by atoms with Gasteiger partial charge in [0.05, 0.1) is 13.2 Å². The van der Waals surface area contributed by atoms with Gasteiger partial charge in [-0.15, -0.1) is 0 Å². The maximum atomic E-state index is 13.5. The summed E-state index contributed by atoms with van der Waals surface area (Å²) in [6.07, 6.45) is 5.81. The molecule has 2 amide bonds. The zero-order valence-corrected chi connectivity index (χ0v) is 20.6. The number of halogens is 1. The Morgan fingerprint density at radius 3 is 2.47 bits per heavy atom. The fraction of sp³-hybridized carbons (Fsp3) is 0.520. The molecule has 6 nitrogen and oxygen atoms in total. The zero-order chi connectivity index (χ0) is 22.8. The van der Waals surface area contributed by atoms with Crippen LogP contribution >= 0.6 is 15.9 Å². The van der Waals surface area contributed by atoms with E-state index in [2.05, 4.69) is 50.5 Å². The number of rotatable bonds is 5. The summed E-state index contributed by atoms with van der Waals surface area (Å²) in [7, 11) is 1.32. The summed E-state index contributed by atoms with van der Waals surface area (Å²) in [5.74, 6) is -0.0593. The molecule has 7 heteroatoms. The number of fused-ring (bicyclic) bond motifs is 1. The van der Waals surface area contributed by atoms with Gasteiger partial charge in [-0.3, -0.25) is 4.79 Å². The monoisotopic (exact) mass is 501 g/mol. The van der Waals surface area contributed by atoms with Crippen LogP contribution in [0.1, 0.15) is 62.4 Å². The predicted molar refractivity (Wildman–Crippen MR) is 128 cm³/mol. The third kappa shape index (κ3) is 4.45. The van der Waals surface area contributed by atoms with Crippen LogP contribution in [0.25, 0.3) is 11.3 Å². The van der Waals surface area contributed by atoms with E-state index in [1.807, 2.05) is 18.7 Å². The Balaban J connectivity index is 1.68. The number of aromatic nitrogens is 1. The van der Waals surface area contributed by atoms with E-state index in [-0.39, 0.29) is 17.9 Å². The molecular weight excluding hydrogens is 470 g/mol. The lowest BCUT2D eigenvalue weighted by atomic mass is 9.89. The molecule has 0 unspecified atom stereocenters. The van der Waals surface area contributed by atoms with E-state index in [9.17, 15) is 9.59 Å². The quantitative estimate of drug-likeness (QED) is 0.578. The average molecular weight is 502 g/mol. The lowest BCUT2D eigenvalue weighted by molar-refractivity contribution is -0.135. The molecule has 0 bridgehead atoms. The fourth-order valence-electron chi connectivity index (χ4n) is 5.12. The molecule has 1 aliphatic heterocycles. The summed E-state index contributed by atoms with van der Waals surface area (Å²) in [6.45, 7) is 4.61. The molecule has 1 aromatic heterocycles. The summed E-state index contributed by atoms with van der Waals surface area (Å²) < 4.78 is 5.82. The molecule has 0 radical (unpaired) electrons. The first-order valence-corrected chi connectivity index (χ1v) is 12.3. The van der Waals surface area contributed by atoms with E-state index < -0.39 is 12.1 Å². The number of hydrogen-bond donors (Lipinski definition) is 2. The minimum Gasteiger partial charge on any atom is -0.453 e. The van der Waals surface area contributed by atoms with Gasteiger partial charge in [-0.2, -0.15) is 0 Å². The van der Waals surface area contributed by atoms with Crippen LogP contribution in [-0.2, 0) is 22.4 Å². The molecule has 4 rings (SSSR count). The maximum Gasteiger partial charge on any atom is 0.407 e. The number of nitrogens with one attached hydrogen (secondary N) is 2. The van der Waals surface area contributed by atoms with Crippen LogP contribution < -0.4 is 5.32 Å². The van der Waals surface area contributed by atoms with Crippen molar-refractivity contribution >= 4 is 27.9 Å². The Morgan fingerprint density at radius 1 is 1.12 bits per heavy atom. The third-order valence-corrected chi connectivity index (χ3v) is 7.28. The van der Waals surface area contributed by atoms with Gasteiger partial charge in [-0.1, -0.05) is 41.9 Å². The lowest BCUT2D eigenvalue weighted by Crippen LogP contribution is -2.51. The molecule has 0 spiro atoms. The van der Waals surface area contributed by atoms with Gasteiger partial charge >= 0.3 is 6.09 Å². The average Bonchev–Trinajstić information content (AvgIpc) is 3.42. The molecule has 1 fully saturated rings. The van der Waals surface area contributed by atoms with Crippen LogP contribution in [0.15, 0.2) is 28.7 Å². The minimum atomic E-state index is -0.597. The molecule has 2 aromatic rings. The number of benzene rings is 1. The SMILES string of the molecule is COC(=O)N[C@H](C(=O)N1CCC[C@H]1c1[nH]c(-c2ccc(Br)cc2)c2c1CCCC2)C(C)C. The summed E-state index contributed by atoms with van der Waals surface area (Å²) in [5, 5.41) is 2.75. The van der Waals surface area contributed by atoms with Crippen molar-refractivity contribution in [1.29, 1.82) is 0 Å². The Kier molecular flexibility index (Phi) is 6.93. The van der Waals surface area contributed by atoms with Crippen LogP contribution in [0.5, 0.6) is 0 Å². The number of aromatic amines is 1. The van der Waals surface area contributed by atoms with Gasteiger partial charge in [0, 0.05) is 22.4 Å². The Bertz CT molecular complexity index is 983. The highest BCUT2D eigenvalue weighted by molar-refractivity contribution is 9.10. The molecular formula is C25H32BrN3O3. The van der Waals surface area contributed by atoms with E-state index in [0.717, 1.165) is 30.2 Å². The number of amides is 2. The standard InChI is InChI=1S/C25H32BrN3O3/c1-15(2)21(28-25(31)32-3)24(30)29-14-6-9-20(29)23-19-8-5-4-7-18(19)22(27-23)16-10-12-17(26)13-11-16/h10-13,15,20-21,27H,4-9,14H2,1-3H3,(H,28,31)/t20-,21-/m0/s1. The molecule has 32 heavy (non-hydrogen) atoms. The van der Waals surface area contributed by atoms with E-state index >= 15 is 0 Å². The van der Waals surface area contributed by atoms with Crippen molar-refractivity contribution < 1.29 is 14.3 Å². The smallest absolute Gasteiger partial charge is 0.407 e. The normalized spacial score (nSPS) is 19.0. The van der Waals surface area contributed by atoms with Gasteiger partial charge in [0.2, 0.25) is 5.91 Å². The lowest BCUT2D eigenvalue weighted by Gasteiger charge is -2.31. The summed E-state index contributed by atoms with van der Waals surface area (Å²) in [6, 6.07) is 7.84. The second kappa shape index (κ2) is 9.69. The van der Waals surface area contributed by atoms with Gasteiger partial charge in [0.1, 0.15) is 6.04 Å². The number of carbonyl (C=O) groups excluding carboxylic acids is 2. The number of nitrogens with zero attached hydrogens (tertiary/aromatic N) is 1. The number of carbonyl (C=O) groups is 2. The van der Waals surface area contributed by atoms with Gasteiger partial charge in [0.15, 0.2) is 0 Å². The number of methoxy groups -OCH3 is 1. The Labute approximate surface area is 198 Å². The summed E-state index contributed by atoms with van der Waals surface area (Å²) in [5.41, 5.74) is 6.35. The third-order valence-electron chi connectivity index (χ3n) is 6.75. The molecule has 172 valence electrons. The van der Waals surface area contributed by atoms with Crippen molar-refractivity contribution in [3.8, 4) is 11.3 Å². The van der Waals surface area contributed by atoms with E-state index in [1.165, 1.54) is 48.0 Å². The van der Waals surface area contributed by atoms with Crippen LogP contribution in [0.4, 0.5) is 4.79 Å². The first-order valence-electron chi connectivity index (χ1n) is 11.5. The number of likely N-dealkylation sites (tertiary alicyclic amines) is 1. The van der Waals surface area contributed by atoms with Gasteiger partial charge in [-0.25, -0.2) is 4.79 Å². The van der Waals surface area contributed by atoms with Crippen molar-refractivity contribution in [3.05, 3.63) is 45.6 Å². The number of alkyl carbamates (subject to hydrolysis) is 1.